The number of aromatic nitrogens is 2. The Bertz CT molecular complexity index is 543. The molecule has 2 aromatic rings. The molecule has 1 aromatic heterocycles. The van der Waals surface area contributed by atoms with Gasteiger partial charge in [0.15, 0.2) is 5.78 Å². The highest BCUT2D eigenvalue weighted by molar-refractivity contribution is 5.96. The van der Waals surface area contributed by atoms with E-state index >= 15 is 0 Å². The number of hydrogen-bond donors (Lipinski definition) is 0. The number of ketones is 1. The van der Waals surface area contributed by atoms with Gasteiger partial charge in [-0.3, -0.25) is 9.48 Å². The fourth-order valence-corrected chi connectivity index (χ4v) is 1.54. The summed E-state index contributed by atoms with van der Waals surface area (Å²) < 4.78 is 28.1. The molecule has 0 N–H and O–H groups in total. The monoisotopic (exact) mass is 236 g/mol. The summed E-state index contributed by atoms with van der Waals surface area (Å²) in [6.45, 7) is 1.59. The van der Waals surface area contributed by atoms with Crippen LogP contribution in [0.15, 0.2) is 30.5 Å². The summed E-state index contributed by atoms with van der Waals surface area (Å²) in [5, 5.41) is 3.89. The first kappa shape index (κ1) is 11.4. The van der Waals surface area contributed by atoms with Crippen molar-refractivity contribution in [3.8, 4) is 0 Å². The predicted molar refractivity (Wildman–Crippen MR) is 57.7 cm³/mol. The van der Waals surface area contributed by atoms with Crippen LogP contribution in [0.1, 0.15) is 16.1 Å². The molecule has 0 atom stereocenters. The zero-order valence-electron chi connectivity index (χ0n) is 9.15. The van der Waals surface area contributed by atoms with E-state index in [9.17, 15) is 13.6 Å². The van der Waals surface area contributed by atoms with Crippen LogP contribution in [0.4, 0.5) is 8.78 Å². The molecule has 0 amide bonds. The first-order chi connectivity index (χ1) is 8.09. The molecule has 3 nitrogen and oxygen atoms in total. The van der Waals surface area contributed by atoms with Crippen molar-refractivity contribution in [2.75, 3.05) is 0 Å². The highest BCUT2D eigenvalue weighted by Crippen LogP contribution is 2.13. The molecule has 0 fully saturated rings. The molecule has 1 heterocycles. The average molecular weight is 236 g/mol. The highest BCUT2D eigenvalue weighted by atomic mass is 19.1. The number of aryl methyl sites for hydroxylation is 1. The Morgan fingerprint density at radius 2 is 1.94 bits per heavy atom. The van der Waals surface area contributed by atoms with E-state index in [0.29, 0.717) is 0 Å². The summed E-state index contributed by atoms with van der Waals surface area (Å²) in [5.41, 5.74) is 0.248. The van der Waals surface area contributed by atoms with Crippen molar-refractivity contribution in [2.24, 2.45) is 0 Å². The summed E-state index contributed by atoms with van der Waals surface area (Å²) in [6, 6.07) is 5.06. The van der Waals surface area contributed by atoms with E-state index in [1.807, 2.05) is 0 Å². The van der Waals surface area contributed by atoms with Crippen LogP contribution in [0.5, 0.6) is 0 Å². The maximum atomic E-state index is 13.3. The minimum absolute atomic E-state index is 0.170. The molecule has 0 saturated heterocycles. The third kappa shape index (κ3) is 2.22. The van der Waals surface area contributed by atoms with Gasteiger partial charge in [0.05, 0.1) is 5.56 Å². The SMILES string of the molecule is Cc1ccnn1CC(=O)c1c(F)cccc1F. The second kappa shape index (κ2) is 4.45. The van der Waals surface area contributed by atoms with E-state index in [-0.39, 0.29) is 6.54 Å². The Labute approximate surface area is 96.7 Å². The van der Waals surface area contributed by atoms with Gasteiger partial charge in [0.25, 0.3) is 0 Å². The number of hydrogen-bond acceptors (Lipinski definition) is 2. The number of rotatable bonds is 3. The third-order valence-corrected chi connectivity index (χ3v) is 2.46. The van der Waals surface area contributed by atoms with E-state index in [1.165, 1.54) is 16.9 Å². The second-order valence-electron chi connectivity index (χ2n) is 3.65. The van der Waals surface area contributed by atoms with Gasteiger partial charge in [-0.15, -0.1) is 0 Å². The van der Waals surface area contributed by atoms with Gasteiger partial charge in [-0.25, -0.2) is 8.78 Å². The Morgan fingerprint density at radius 3 is 2.47 bits per heavy atom. The molecule has 0 bridgehead atoms. The number of halogens is 2. The van der Waals surface area contributed by atoms with Crippen molar-refractivity contribution in [3.05, 3.63) is 53.4 Å². The Balaban J connectivity index is 2.30. The van der Waals surface area contributed by atoms with Crippen molar-refractivity contribution in [2.45, 2.75) is 13.5 Å². The minimum Gasteiger partial charge on any atom is -0.292 e. The van der Waals surface area contributed by atoms with Crippen molar-refractivity contribution < 1.29 is 13.6 Å². The highest BCUT2D eigenvalue weighted by Gasteiger charge is 2.17. The number of nitrogens with zero attached hydrogens (tertiary/aromatic N) is 2. The molecule has 0 aliphatic rings. The van der Waals surface area contributed by atoms with E-state index < -0.39 is 23.0 Å². The molecule has 2 rings (SSSR count). The van der Waals surface area contributed by atoms with Gasteiger partial charge >= 0.3 is 0 Å². The van der Waals surface area contributed by atoms with Crippen LogP contribution in [0, 0.1) is 18.6 Å². The molecule has 0 unspecified atom stereocenters. The maximum Gasteiger partial charge on any atom is 0.190 e. The topological polar surface area (TPSA) is 34.9 Å². The maximum absolute atomic E-state index is 13.3. The standard InChI is InChI=1S/C12H10F2N2O/c1-8-5-6-15-16(8)7-11(17)12-9(13)3-2-4-10(12)14/h2-6H,7H2,1H3. The van der Waals surface area contributed by atoms with Gasteiger partial charge in [0.1, 0.15) is 18.2 Å². The molecule has 17 heavy (non-hydrogen) atoms. The molecule has 0 saturated carbocycles. The predicted octanol–water partition coefficient (Wildman–Crippen LogP) is 2.35. The molecule has 0 spiro atoms. The smallest absolute Gasteiger partial charge is 0.190 e. The van der Waals surface area contributed by atoms with Crippen LogP contribution in [0.2, 0.25) is 0 Å². The quantitative estimate of drug-likeness (QED) is 0.767. The van der Waals surface area contributed by atoms with Crippen LogP contribution in [0.25, 0.3) is 0 Å². The molecule has 1 aromatic carbocycles. The summed E-state index contributed by atoms with van der Waals surface area (Å²) in [4.78, 5) is 11.8. The Kier molecular flexibility index (Phi) is 2.99. The van der Waals surface area contributed by atoms with E-state index in [4.69, 9.17) is 0 Å². The molecular weight excluding hydrogens is 226 g/mol. The molecular formula is C12H10F2N2O. The molecule has 0 aliphatic carbocycles. The van der Waals surface area contributed by atoms with Gasteiger partial charge in [-0.05, 0) is 25.1 Å². The fourth-order valence-electron chi connectivity index (χ4n) is 1.54. The summed E-state index contributed by atoms with van der Waals surface area (Å²) in [7, 11) is 0. The summed E-state index contributed by atoms with van der Waals surface area (Å²) in [5.74, 6) is -2.33. The van der Waals surface area contributed by atoms with E-state index in [0.717, 1.165) is 17.8 Å². The van der Waals surface area contributed by atoms with Gasteiger partial charge in [0.2, 0.25) is 0 Å². The average Bonchev–Trinajstić information content (AvgIpc) is 2.64. The van der Waals surface area contributed by atoms with E-state index in [1.54, 1.807) is 13.0 Å². The molecule has 0 aliphatic heterocycles. The van der Waals surface area contributed by atoms with Gasteiger partial charge in [0, 0.05) is 11.9 Å². The zero-order valence-corrected chi connectivity index (χ0v) is 9.15. The van der Waals surface area contributed by atoms with Gasteiger partial charge in [-0.2, -0.15) is 5.10 Å². The molecule has 0 radical (unpaired) electrons. The largest absolute Gasteiger partial charge is 0.292 e. The first-order valence-corrected chi connectivity index (χ1v) is 5.05. The lowest BCUT2D eigenvalue weighted by Gasteiger charge is -2.05. The lowest BCUT2D eigenvalue weighted by Crippen LogP contribution is -2.15. The first-order valence-electron chi connectivity index (χ1n) is 5.05. The normalized spacial score (nSPS) is 10.5. The van der Waals surface area contributed by atoms with Crippen LogP contribution in [0.3, 0.4) is 0 Å². The van der Waals surface area contributed by atoms with Crippen LogP contribution in [-0.2, 0) is 6.54 Å². The van der Waals surface area contributed by atoms with Crippen molar-refractivity contribution in [1.82, 2.24) is 9.78 Å². The van der Waals surface area contributed by atoms with Crippen molar-refractivity contribution in [1.29, 1.82) is 0 Å². The van der Waals surface area contributed by atoms with Gasteiger partial charge in [-0.1, -0.05) is 6.07 Å². The lowest BCUT2D eigenvalue weighted by atomic mass is 10.1. The van der Waals surface area contributed by atoms with Gasteiger partial charge < -0.3 is 0 Å². The van der Waals surface area contributed by atoms with Crippen LogP contribution >= 0.6 is 0 Å². The number of benzene rings is 1. The fraction of sp³-hybridized carbons (Fsp3) is 0.167. The van der Waals surface area contributed by atoms with Crippen LogP contribution in [-0.4, -0.2) is 15.6 Å². The number of carbonyl (C=O) groups excluding carboxylic acids is 1. The lowest BCUT2D eigenvalue weighted by molar-refractivity contribution is 0.0958. The molecule has 88 valence electrons. The van der Waals surface area contributed by atoms with E-state index in [2.05, 4.69) is 5.10 Å². The third-order valence-electron chi connectivity index (χ3n) is 2.46. The Morgan fingerprint density at radius 1 is 1.29 bits per heavy atom. The summed E-state index contributed by atoms with van der Waals surface area (Å²) >= 11 is 0. The second-order valence-corrected chi connectivity index (χ2v) is 3.65. The summed E-state index contributed by atoms with van der Waals surface area (Å²) in [6.07, 6.45) is 1.53. The van der Waals surface area contributed by atoms with Crippen LogP contribution < -0.4 is 0 Å². The number of carbonyl (C=O) groups is 1. The van der Waals surface area contributed by atoms with Crippen molar-refractivity contribution in [3.63, 3.8) is 0 Å². The molecule has 5 heteroatoms. The Hall–Kier alpha value is -2.04. The number of Topliss-reactive ketones (excluding diaryl/α,β-unsaturated/α-hetero) is 1. The van der Waals surface area contributed by atoms with Crippen molar-refractivity contribution >= 4 is 5.78 Å². The zero-order chi connectivity index (χ0) is 12.4. The minimum atomic E-state index is -0.847.